The minimum absolute atomic E-state index is 0.107. The molecule has 0 saturated carbocycles. The number of aryl methyl sites for hydroxylation is 1. The first-order valence-corrected chi connectivity index (χ1v) is 8.31. The summed E-state index contributed by atoms with van der Waals surface area (Å²) in [5, 5.41) is 9.11. The number of carbonyl (C=O) groups is 2. The third-order valence-electron chi connectivity index (χ3n) is 4.31. The molecular weight excluding hydrogens is 340 g/mol. The predicted octanol–water partition coefficient (Wildman–Crippen LogP) is 2.15. The van der Waals surface area contributed by atoms with Crippen LogP contribution in [0.4, 0.5) is 4.79 Å². The van der Waals surface area contributed by atoms with Crippen LogP contribution in [0.2, 0.25) is 0 Å². The number of rotatable bonds is 6. The molecule has 0 aromatic carbocycles. The molecule has 2 heterocycles. The summed E-state index contributed by atoms with van der Waals surface area (Å²) < 4.78 is 16.0. The van der Waals surface area contributed by atoms with Crippen molar-refractivity contribution in [2.75, 3.05) is 19.8 Å². The van der Waals surface area contributed by atoms with E-state index in [0.717, 1.165) is 16.8 Å². The van der Waals surface area contributed by atoms with E-state index >= 15 is 0 Å². The minimum Gasteiger partial charge on any atom is -0.486 e. The van der Waals surface area contributed by atoms with Crippen molar-refractivity contribution >= 4 is 17.6 Å². The maximum Gasteiger partial charge on any atom is 0.404 e. The van der Waals surface area contributed by atoms with Crippen LogP contribution in [0.5, 0.6) is 5.75 Å². The summed E-state index contributed by atoms with van der Waals surface area (Å²) >= 11 is 0. The van der Waals surface area contributed by atoms with E-state index in [4.69, 9.17) is 25.1 Å². The highest BCUT2D eigenvalue weighted by Crippen LogP contribution is 2.25. The van der Waals surface area contributed by atoms with Crippen LogP contribution in [0, 0.1) is 12.8 Å². The lowest BCUT2D eigenvalue weighted by molar-refractivity contribution is -0.149. The van der Waals surface area contributed by atoms with Crippen LogP contribution in [-0.4, -0.2) is 48.1 Å². The van der Waals surface area contributed by atoms with Crippen molar-refractivity contribution in [3.63, 3.8) is 0 Å². The van der Waals surface area contributed by atoms with Crippen LogP contribution >= 0.6 is 0 Å². The first-order chi connectivity index (χ1) is 12.3. The van der Waals surface area contributed by atoms with Gasteiger partial charge in [-0.15, -0.1) is 0 Å². The Morgan fingerprint density at radius 1 is 1.35 bits per heavy atom. The number of pyridine rings is 1. The highest BCUT2D eigenvalue weighted by atomic mass is 16.5. The number of allylic oxidation sites excluding steroid dienone is 1. The van der Waals surface area contributed by atoms with E-state index in [9.17, 15) is 9.59 Å². The number of carboxylic acids is 1. The number of ether oxygens (including phenoxy) is 3. The molecule has 26 heavy (non-hydrogen) atoms. The molecule has 1 amide bonds. The van der Waals surface area contributed by atoms with Gasteiger partial charge in [0.05, 0.1) is 30.5 Å². The van der Waals surface area contributed by atoms with E-state index in [2.05, 4.69) is 4.98 Å². The maximum absolute atomic E-state index is 11.1. The summed E-state index contributed by atoms with van der Waals surface area (Å²) in [5.74, 6) is -0.843. The molecule has 0 unspecified atom stereocenters. The highest BCUT2D eigenvalue weighted by molar-refractivity contribution is 5.70. The first-order valence-electron chi connectivity index (χ1n) is 8.31. The molecule has 0 aliphatic carbocycles. The second-order valence-corrected chi connectivity index (χ2v) is 6.34. The third-order valence-corrected chi connectivity index (χ3v) is 4.31. The fourth-order valence-corrected chi connectivity index (χ4v) is 2.62. The van der Waals surface area contributed by atoms with Crippen molar-refractivity contribution in [1.82, 2.24) is 4.98 Å². The summed E-state index contributed by atoms with van der Waals surface area (Å²) in [5.41, 5.74) is 8.13. The number of nitrogens with zero attached hydrogens (tertiary/aromatic N) is 1. The zero-order chi connectivity index (χ0) is 19.3. The van der Waals surface area contributed by atoms with Gasteiger partial charge in [-0.1, -0.05) is 0 Å². The standard InChI is InChI=1S/C18H24N2O6/c1-10(7-25-18(19)23)11(2)15-4-5-16(12(3)20-15)26-14-6-13(17(21)22)8-24-9-14/h4-5,13-14H,6-9H2,1-3H3,(H2,19,23)(H,21,22)/b11-10-/t13-,14+/m0/s1. The number of carbonyl (C=O) groups excluding carboxylic acids is 1. The number of nitrogens with two attached hydrogens (primary N) is 1. The van der Waals surface area contributed by atoms with Crippen LogP contribution in [0.3, 0.4) is 0 Å². The Balaban J connectivity index is 2.08. The van der Waals surface area contributed by atoms with E-state index in [1.165, 1.54) is 0 Å². The second-order valence-electron chi connectivity index (χ2n) is 6.34. The lowest BCUT2D eigenvalue weighted by Crippen LogP contribution is -2.37. The van der Waals surface area contributed by atoms with Crippen LogP contribution in [0.25, 0.3) is 5.57 Å². The molecule has 3 N–H and O–H groups in total. The zero-order valence-electron chi connectivity index (χ0n) is 15.2. The molecule has 1 aromatic rings. The number of amides is 1. The molecule has 1 aromatic heterocycles. The van der Waals surface area contributed by atoms with Crippen molar-refractivity contribution in [2.45, 2.75) is 33.3 Å². The maximum atomic E-state index is 11.1. The van der Waals surface area contributed by atoms with E-state index in [1.807, 2.05) is 26.8 Å². The molecular formula is C18H24N2O6. The van der Waals surface area contributed by atoms with Gasteiger partial charge < -0.3 is 25.1 Å². The highest BCUT2D eigenvalue weighted by Gasteiger charge is 2.29. The number of primary amides is 1. The SMILES string of the molecule is C/C(COC(N)=O)=C(\C)c1ccc(O[C@H]2COC[C@@H](C(=O)O)C2)c(C)n1. The Labute approximate surface area is 151 Å². The average Bonchev–Trinajstić information content (AvgIpc) is 2.61. The topological polar surface area (TPSA) is 121 Å². The van der Waals surface area contributed by atoms with Crippen LogP contribution < -0.4 is 10.5 Å². The summed E-state index contributed by atoms with van der Waals surface area (Å²) in [7, 11) is 0. The van der Waals surface area contributed by atoms with Crippen LogP contribution in [-0.2, 0) is 14.3 Å². The van der Waals surface area contributed by atoms with Gasteiger partial charge in [-0.3, -0.25) is 4.79 Å². The molecule has 2 rings (SSSR count). The molecule has 0 bridgehead atoms. The monoisotopic (exact) mass is 364 g/mol. The van der Waals surface area contributed by atoms with Gasteiger partial charge in [-0.25, -0.2) is 9.78 Å². The van der Waals surface area contributed by atoms with Gasteiger partial charge in [0.15, 0.2) is 0 Å². The molecule has 142 valence electrons. The first kappa shape index (κ1) is 19.7. The number of hydrogen-bond donors (Lipinski definition) is 2. The van der Waals surface area contributed by atoms with Gasteiger partial charge in [0.25, 0.3) is 0 Å². The van der Waals surface area contributed by atoms with Crippen molar-refractivity contribution in [2.24, 2.45) is 11.7 Å². The summed E-state index contributed by atoms with van der Waals surface area (Å²) in [6.45, 7) is 6.21. The van der Waals surface area contributed by atoms with Gasteiger partial charge in [0, 0.05) is 6.42 Å². The van der Waals surface area contributed by atoms with E-state index in [-0.39, 0.29) is 19.3 Å². The van der Waals surface area contributed by atoms with Crippen molar-refractivity contribution in [1.29, 1.82) is 0 Å². The van der Waals surface area contributed by atoms with Crippen molar-refractivity contribution < 1.29 is 28.9 Å². The van der Waals surface area contributed by atoms with Gasteiger partial charge in [0.2, 0.25) is 0 Å². The van der Waals surface area contributed by atoms with Crippen molar-refractivity contribution in [3.8, 4) is 5.75 Å². The van der Waals surface area contributed by atoms with E-state index in [0.29, 0.717) is 24.5 Å². The molecule has 0 spiro atoms. The fourth-order valence-electron chi connectivity index (χ4n) is 2.62. The van der Waals surface area contributed by atoms with Gasteiger partial charge in [-0.05, 0) is 44.1 Å². The van der Waals surface area contributed by atoms with Gasteiger partial charge >= 0.3 is 12.1 Å². The Morgan fingerprint density at radius 2 is 2.08 bits per heavy atom. The molecule has 1 fully saturated rings. The quantitative estimate of drug-likeness (QED) is 0.793. The molecule has 8 nitrogen and oxygen atoms in total. The largest absolute Gasteiger partial charge is 0.486 e. The Bertz CT molecular complexity index is 716. The molecule has 8 heteroatoms. The summed E-state index contributed by atoms with van der Waals surface area (Å²) in [4.78, 5) is 26.3. The second kappa shape index (κ2) is 8.66. The average molecular weight is 364 g/mol. The normalized spacial score (nSPS) is 20.9. The van der Waals surface area contributed by atoms with E-state index in [1.54, 1.807) is 6.07 Å². The number of aliphatic carboxylic acids is 1. The Morgan fingerprint density at radius 3 is 2.69 bits per heavy atom. The minimum atomic E-state index is -0.877. The number of aromatic nitrogens is 1. The van der Waals surface area contributed by atoms with Crippen LogP contribution in [0.15, 0.2) is 17.7 Å². The molecule has 1 saturated heterocycles. The van der Waals surface area contributed by atoms with Gasteiger partial charge in [0.1, 0.15) is 18.5 Å². The van der Waals surface area contributed by atoms with E-state index < -0.39 is 18.0 Å². The lowest BCUT2D eigenvalue weighted by Gasteiger charge is -2.28. The van der Waals surface area contributed by atoms with Gasteiger partial charge in [-0.2, -0.15) is 0 Å². The Kier molecular flexibility index (Phi) is 6.57. The molecule has 2 atom stereocenters. The predicted molar refractivity (Wildman–Crippen MR) is 93.8 cm³/mol. The summed E-state index contributed by atoms with van der Waals surface area (Å²) in [6.07, 6.45) is -0.739. The third kappa shape index (κ3) is 5.19. The fraction of sp³-hybridized carbons (Fsp3) is 0.500. The van der Waals surface area contributed by atoms with Crippen molar-refractivity contribution in [3.05, 3.63) is 29.1 Å². The Hall–Kier alpha value is -2.61. The molecule has 1 aliphatic rings. The smallest absolute Gasteiger partial charge is 0.404 e. The summed E-state index contributed by atoms with van der Waals surface area (Å²) in [6, 6.07) is 3.61. The lowest BCUT2D eigenvalue weighted by atomic mass is 10.0. The van der Waals surface area contributed by atoms with Crippen LogP contribution in [0.1, 0.15) is 31.7 Å². The molecule has 0 radical (unpaired) electrons. The number of hydrogen-bond acceptors (Lipinski definition) is 6. The molecule has 1 aliphatic heterocycles. The zero-order valence-corrected chi connectivity index (χ0v) is 15.2. The number of carboxylic acid groups (broad SMARTS) is 1.